The predicted octanol–water partition coefficient (Wildman–Crippen LogP) is 3.99. The van der Waals surface area contributed by atoms with E-state index in [1.165, 1.54) is 6.42 Å². The Labute approximate surface area is 115 Å². The summed E-state index contributed by atoms with van der Waals surface area (Å²) in [5.41, 5.74) is 6.91. The van der Waals surface area contributed by atoms with Crippen LogP contribution in [0, 0.1) is 0 Å². The van der Waals surface area contributed by atoms with Gasteiger partial charge in [-0.15, -0.1) is 11.3 Å². The lowest BCUT2D eigenvalue weighted by Gasteiger charge is -2.25. The second kappa shape index (κ2) is 7.22. The third-order valence-corrected chi connectivity index (χ3v) is 4.47. The number of aromatic nitrogens is 1. The fourth-order valence-electron chi connectivity index (χ4n) is 1.90. The largest absolute Gasteiger partial charge is 0.368 e. The summed E-state index contributed by atoms with van der Waals surface area (Å²) in [5, 5.41) is 3.14. The Morgan fingerprint density at radius 1 is 1.44 bits per heavy atom. The van der Waals surface area contributed by atoms with E-state index in [2.05, 4.69) is 26.2 Å². The Bertz CT molecular complexity index is 353. The van der Waals surface area contributed by atoms with Gasteiger partial charge in [0.05, 0.1) is 5.69 Å². The van der Waals surface area contributed by atoms with Crippen LogP contribution in [0.1, 0.15) is 70.1 Å². The van der Waals surface area contributed by atoms with Crippen LogP contribution in [0.3, 0.4) is 0 Å². The standard InChI is InChI=1S/C14H26N2OS/c1-5-8-9-11(15)12-10-18-13(16-12)14(4,6-2)17-7-3/h10-11H,5-9,15H2,1-4H3. The second-order valence-electron chi connectivity index (χ2n) is 4.84. The minimum absolute atomic E-state index is 0.0673. The van der Waals surface area contributed by atoms with Gasteiger partial charge >= 0.3 is 0 Å². The maximum Gasteiger partial charge on any atom is 0.125 e. The van der Waals surface area contributed by atoms with Crippen molar-refractivity contribution < 1.29 is 4.74 Å². The Morgan fingerprint density at radius 2 is 2.17 bits per heavy atom. The van der Waals surface area contributed by atoms with E-state index in [4.69, 9.17) is 15.5 Å². The lowest BCUT2D eigenvalue weighted by atomic mass is 10.0. The average Bonchev–Trinajstić information content (AvgIpc) is 2.86. The number of unbranched alkanes of at least 4 members (excludes halogenated alkanes) is 1. The molecule has 0 saturated carbocycles. The highest BCUT2D eigenvalue weighted by Crippen LogP contribution is 2.32. The third-order valence-electron chi connectivity index (χ3n) is 3.36. The summed E-state index contributed by atoms with van der Waals surface area (Å²) in [7, 11) is 0. The maximum atomic E-state index is 6.16. The summed E-state index contributed by atoms with van der Waals surface area (Å²) in [6.07, 6.45) is 4.27. The molecule has 4 heteroatoms. The zero-order chi connectivity index (χ0) is 13.6. The molecule has 0 amide bonds. The SMILES string of the molecule is CCCCC(N)c1csc(C(C)(CC)OCC)n1. The summed E-state index contributed by atoms with van der Waals surface area (Å²) in [6, 6.07) is 0.0673. The van der Waals surface area contributed by atoms with Gasteiger partial charge in [-0.2, -0.15) is 0 Å². The number of hydrogen-bond donors (Lipinski definition) is 1. The molecule has 2 unspecified atom stereocenters. The lowest BCUT2D eigenvalue weighted by Crippen LogP contribution is -2.25. The van der Waals surface area contributed by atoms with Gasteiger partial charge in [-0.1, -0.05) is 26.7 Å². The fraction of sp³-hybridized carbons (Fsp3) is 0.786. The molecule has 0 spiro atoms. The Morgan fingerprint density at radius 3 is 2.72 bits per heavy atom. The maximum absolute atomic E-state index is 6.16. The van der Waals surface area contributed by atoms with Crippen LogP contribution in [0.15, 0.2) is 5.38 Å². The number of ether oxygens (including phenoxy) is 1. The minimum atomic E-state index is -0.262. The summed E-state index contributed by atoms with van der Waals surface area (Å²) >= 11 is 1.67. The average molecular weight is 270 g/mol. The minimum Gasteiger partial charge on any atom is -0.368 e. The van der Waals surface area contributed by atoms with Crippen molar-refractivity contribution in [3.05, 3.63) is 16.1 Å². The van der Waals surface area contributed by atoms with Gasteiger partial charge < -0.3 is 10.5 Å². The Kier molecular flexibility index (Phi) is 6.26. The van der Waals surface area contributed by atoms with Crippen molar-refractivity contribution >= 4 is 11.3 Å². The van der Waals surface area contributed by atoms with Crippen molar-refractivity contribution in [3.8, 4) is 0 Å². The molecule has 0 aliphatic rings. The lowest BCUT2D eigenvalue weighted by molar-refractivity contribution is -0.0325. The molecule has 1 aromatic rings. The Balaban J connectivity index is 2.78. The normalized spacial score (nSPS) is 16.5. The van der Waals surface area contributed by atoms with Gasteiger partial charge in [0.2, 0.25) is 0 Å². The molecule has 0 fully saturated rings. The summed E-state index contributed by atoms with van der Waals surface area (Å²) in [4.78, 5) is 4.69. The highest BCUT2D eigenvalue weighted by molar-refractivity contribution is 7.09. The van der Waals surface area contributed by atoms with E-state index >= 15 is 0 Å². The number of nitrogens with zero attached hydrogens (tertiary/aromatic N) is 1. The van der Waals surface area contributed by atoms with E-state index in [9.17, 15) is 0 Å². The first-order valence-electron chi connectivity index (χ1n) is 6.92. The van der Waals surface area contributed by atoms with Crippen LogP contribution in [-0.4, -0.2) is 11.6 Å². The molecule has 0 aromatic carbocycles. The monoisotopic (exact) mass is 270 g/mol. The predicted molar refractivity (Wildman–Crippen MR) is 77.8 cm³/mol. The van der Waals surface area contributed by atoms with Crippen molar-refractivity contribution in [2.45, 2.75) is 65.0 Å². The highest BCUT2D eigenvalue weighted by atomic mass is 32.1. The summed E-state index contributed by atoms with van der Waals surface area (Å²) in [6.45, 7) is 9.16. The molecule has 2 atom stereocenters. The summed E-state index contributed by atoms with van der Waals surface area (Å²) < 4.78 is 5.85. The van der Waals surface area contributed by atoms with Gasteiger partial charge in [-0.05, 0) is 26.7 Å². The van der Waals surface area contributed by atoms with Crippen LogP contribution in [-0.2, 0) is 10.3 Å². The van der Waals surface area contributed by atoms with E-state index < -0.39 is 0 Å². The Hall–Kier alpha value is -0.450. The fourth-order valence-corrected chi connectivity index (χ4v) is 2.98. The number of hydrogen-bond acceptors (Lipinski definition) is 4. The molecule has 104 valence electrons. The van der Waals surface area contributed by atoms with Gasteiger partial charge in [-0.3, -0.25) is 0 Å². The molecular weight excluding hydrogens is 244 g/mol. The quantitative estimate of drug-likeness (QED) is 0.777. The zero-order valence-corrected chi connectivity index (χ0v) is 12.8. The van der Waals surface area contributed by atoms with E-state index in [-0.39, 0.29) is 11.6 Å². The van der Waals surface area contributed by atoms with Crippen LogP contribution >= 0.6 is 11.3 Å². The van der Waals surface area contributed by atoms with Crippen LogP contribution in [0.4, 0.5) is 0 Å². The molecule has 1 heterocycles. The molecule has 0 bridgehead atoms. The highest BCUT2D eigenvalue weighted by Gasteiger charge is 2.29. The molecule has 1 rings (SSSR count). The molecular formula is C14H26N2OS. The van der Waals surface area contributed by atoms with Gasteiger partial charge in [-0.25, -0.2) is 4.98 Å². The second-order valence-corrected chi connectivity index (χ2v) is 5.70. The van der Waals surface area contributed by atoms with E-state index in [1.54, 1.807) is 11.3 Å². The molecule has 18 heavy (non-hydrogen) atoms. The molecule has 0 aliphatic heterocycles. The van der Waals surface area contributed by atoms with Crippen molar-refractivity contribution in [2.24, 2.45) is 5.73 Å². The first kappa shape index (κ1) is 15.6. The molecule has 0 radical (unpaired) electrons. The van der Waals surface area contributed by atoms with Crippen molar-refractivity contribution in [3.63, 3.8) is 0 Å². The van der Waals surface area contributed by atoms with Crippen LogP contribution in [0.2, 0.25) is 0 Å². The first-order valence-corrected chi connectivity index (χ1v) is 7.80. The number of thiazole rings is 1. The zero-order valence-electron chi connectivity index (χ0n) is 12.0. The van der Waals surface area contributed by atoms with E-state index in [0.29, 0.717) is 6.61 Å². The number of nitrogens with two attached hydrogens (primary N) is 1. The van der Waals surface area contributed by atoms with Crippen molar-refractivity contribution in [2.75, 3.05) is 6.61 Å². The van der Waals surface area contributed by atoms with E-state index in [0.717, 1.165) is 30.0 Å². The topological polar surface area (TPSA) is 48.1 Å². The van der Waals surface area contributed by atoms with Crippen molar-refractivity contribution in [1.29, 1.82) is 0 Å². The molecule has 2 N–H and O–H groups in total. The third kappa shape index (κ3) is 3.77. The smallest absolute Gasteiger partial charge is 0.125 e. The molecule has 3 nitrogen and oxygen atoms in total. The molecule has 0 saturated heterocycles. The first-order chi connectivity index (χ1) is 8.57. The van der Waals surface area contributed by atoms with Gasteiger partial charge in [0, 0.05) is 18.0 Å². The van der Waals surface area contributed by atoms with Crippen LogP contribution in [0.25, 0.3) is 0 Å². The molecule has 0 aliphatic carbocycles. The van der Waals surface area contributed by atoms with Gasteiger partial charge in [0.25, 0.3) is 0 Å². The summed E-state index contributed by atoms with van der Waals surface area (Å²) in [5.74, 6) is 0. The van der Waals surface area contributed by atoms with Crippen LogP contribution in [0.5, 0.6) is 0 Å². The van der Waals surface area contributed by atoms with Crippen molar-refractivity contribution in [1.82, 2.24) is 4.98 Å². The number of rotatable bonds is 8. The van der Waals surface area contributed by atoms with Crippen LogP contribution < -0.4 is 5.73 Å². The molecule has 1 aromatic heterocycles. The van der Waals surface area contributed by atoms with Gasteiger partial charge in [0.1, 0.15) is 10.6 Å². The van der Waals surface area contributed by atoms with Gasteiger partial charge in [0.15, 0.2) is 0 Å². The van der Waals surface area contributed by atoms with E-state index in [1.807, 2.05) is 6.92 Å².